The summed E-state index contributed by atoms with van der Waals surface area (Å²) in [6.45, 7) is 6.64. The maximum Gasteiger partial charge on any atom is 0.237 e. The van der Waals surface area contributed by atoms with Crippen LogP contribution in [-0.4, -0.2) is 57.2 Å². The van der Waals surface area contributed by atoms with Crippen molar-refractivity contribution < 1.29 is 9.53 Å². The van der Waals surface area contributed by atoms with Crippen molar-refractivity contribution in [3.05, 3.63) is 0 Å². The summed E-state index contributed by atoms with van der Waals surface area (Å²) in [6, 6.07) is -0.415. The molecule has 2 atom stereocenters. The van der Waals surface area contributed by atoms with Gasteiger partial charge < -0.3 is 20.7 Å². The van der Waals surface area contributed by atoms with Crippen LogP contribution in [0.3, 0.4) is 0 Å². The van der Waals surface area contributed by atoms with Crippen LogP contribution >= 0.6 is 0 Å². The molecule has 0 spiro atoms. The molecule has 0 aliphatic carbocycles. The van der Waals surface area contributed by atoms with Crippen LogP contribution in [0.4, 0.5) is 0 Å². The Morgan fingerprint density at radius 2 is 2.06 bits per heavy atom. The molecule has 3 N–H and O–H groups in total. The molecule has 0 saturated heterocycles. The van der Waals surface area contributed by atoms with E-state index in [0.29, 0.717) is 19.8 Å². The molecule has 0 aromatic carbocycles. The molecule has 0 aliphatic rings. The Hall–Kier alpha value is -0.650. The standard InChI is InChI=1S/C12H27N3O2/c1-5-10(2)11(13)12(16)14-6-8-17-9-7-15(3)4/h10-11H,5-9,13H2,1-4H3,(H,14,16)/t10?,11-/m0/s1. The highest BCUT2D eigenvalue weighted by molar-refractivity contribution is 5.81. The summed E-state index contributed by atoms with van der Waals surface area (Å²) < 4.78 is 5.36. The van der Waals surface area contributed by atoms with E-state index in [1.54, 1.807) is 0 Å². The van der Waals surface area contributed by atoms with E-state index in [9.17, 15) is 4.79 Å². The summed E-state index contributed by atoms with van der Waals surface area (Å²) in [7, 11) is 3.99. The molecular formula is C12H27N3O2. The molecule has 0 aromatic heterocycles. The van der Waals surface area contributed by atoms with Crippen molar-refractivity contribution in [1.29, 1.82) is 0 Å². The second kappa shape index (κ2) is 9.39. The van der Waals surface area contributed by atoms with Crippen molar-refractivity contribution >= 4 is 5.91 Å². The third-order valence-corrected chi connectivity index (χ3v) is 2.79. The molecule has 0 radical (unpaired) electrons. The Bertz CT molecular complexity index is 210. The third-order valence-electron chi connectivity index (χ3n) is 2.79. The Labute approximate surface area is 105 Å². The van der Waals surface area contributed by atoms with Crippen LogP contribution in [0.15, 0.2) is 0 Å². The molecule has 5 heteroatoms. The molecule has 0 aliphatic heterocycles. The largest absolute Gasteiger partial charge is 0.378 e. The fourth-order valence-electron chi connectivity index (χ4n) is 1.23. The summed E-state index contributed by atoms with van der Waals surface area (Å²) in [5.41, 5.74) is 5.79. The minimum Gasteiger partial charge on any atom is -0.378 e. The highest BCUT2D eigenvalue weighted by Gasteiger charge is 2.18. The summed E-state index contributed by atoms with van der Waals surface area (Å²) in [5, 5.41) is 2.78. The van der Waals surface area contributed by atoms with E-state index < -0.39 is 6.04 Å². The number of carbonyl (C=O) groups is 1. The molecule has 0 heterocycles. The lowest BCUT2D eigenvalue weighted by Crippen LogP contribution is -2.45. The van der Waals surface area contributed by atoms with Crippen LogP contribution in [-0.2, 0) is 9.53 Å². The van der Waals surface area contributed by atoms with E-state index >= 15 is 0 Å². The van der Waals surface area contributed by atoms with Gasteiger partial charge in [-0.2, -0.15) is 0 Å². The van der Waals surface area contributed by atoms with Crippen LogP contribution in [0.5, 0.6) is 0 Å². The zero-order valence-electron chi connectivity index (χ0n) is 11.5. The molecule has 17 heavy (non-hydrogen) atoms. The number of carbonyl (C=O) groups excluding carboxylic acids is 1. The topological polar surface area (TPSA) is 67.6 Å². The number of hydrogen-bond acceptors (Lipinski definition) is 4. The first kappa shape index (κ1) is 16.4. The smallest absolute Gasteiger partial charge is 0.237 e. The lowest BCUT2D eigenvalue weighted by atomic mass is 9.99. The quantitative estimate of drug-likeness (QED) is 0.563. The third kappa shape index (κ3) is 8.12. The van der Waals surface area contributed by atoms with E-state index in [1.165, 1.54) is 0 Å². The average molecular weight is 245 g/mol. The maximum atomic E-state index is 11.6. The summed E-state index contributed by atoms with van der Waals surface area (Å²) in [5.74, 6) is 0.125. The Kier molecular flexibility index (Phi) is 9.03. The van der Waals surface area contributed by atoms with E-state index in [1.807, 2.05) is 27.9 Å². The predicted octanol–water partition coefficient (Wildman–Crippen LogP) is 0.0542. The van der Waals surface area contributed by atoms with Crippen molar-refractivity contribution in [2.24, 2.45) is 11.7 Å². The highest BCUT2D eigenvalue weighted by atomic mass is 16.5. The molecule has 0 aromatic rings. The number of nitrogens with one attached hydrogen (secondary N) is 1. The fourth-order valence-corrected chi connectivity index (χ4v) is 1.23. The van der Waals surface area contributed by atoms with Gasteiger partial charge in [0, 0.05) is 13.1 Å². The van der Waals surface area contributed by atoms with Gasteiger partial charge in [-0.3, -0.25) is 4.79 Å². The molecule has 1 unspecified atom stereocenters. The molecule has 5 nitrogen and oxygen atoms in total. The normalized spacial score (nSPS) is 14.7. The molecular weight excluding hydrogens is 218 g/mol. The van der Waals surface area contributed by atoms with Crippen LogP contribution in [0.2, 0.25) is 0 Å². The van der Waals surface area contributed by atoms with Gasteiger partial charge in [-0.1, -0.05) is 20.3 Å². The van der Waals surface area contributed by atoms with Crippen LogP contribution in [0.25, 0.3) is 0 Å². The van der Waals surface area contributed by atoms with Gasteiger partial charge in [0.25, 0.3) is 0 Å². The SMILES string of the molecule is CCC(C)[C@H](N)C(=O)NCCOCCN(C)C. The van der Waals surface area contributed by atoms with Crippen LogP contribution < -0.4 is 11.1 Å². The van der Waals surface area contributed by atoms with Crippen molar-refractivity contribution in [2.45, 2.75) is 26.3 Å². The van der Waals surface area contributed by atoms with Crippen molar-refractivity contribution in [2.75, 3.05) is 40.4 Å². The van der Waals surface area contributed by atoms with Gasteiger partial charge in [0.1, 0.15) is 0 Å². The van der Waals surface area contributed by atoms with E-state index in [0.717, 1.165) is 13.0 Å². The molecule has 1 amide bonds. The number of hydrogen-bond donors (Lipinski definition) is 2. The molecule has 0 fully saturated rings. The first-order valence-electron chi connectivity index (χ1n) is 6.24. The summed E-state index contributed by atoms with van der Waals surface area (Å²) in [6.07, 6.45) is 0.911. The van der Waals surface area contributed by atoms with Gasteiger partial charge in [0.15, 0.2) is 0 Å². The number of amides is 1. The minimum absolute atomic E-state index is 0.0874. The van der Waals surface area contributed by atoms with Gasteiger partial charge in [0.2, 0.25) is 5.91 Å². The van der Waals surface area contributed by atoms with Gasteiger partial charge in [-0.05, 0) is 20.0 Å². The lowest BCUT2D eigenvalue weighted by Gasteiger charge is -2.17. The minimum atomic E-state index is -0.415. The molecule has 0 saturated carbocycles. The number of nitrogens with zero attached hydrogens (tertiary/aromatic N) is 1. The van der Waals surface area contributed by atoms with E-state index in [-0.39, 0.29) is 11.8 Å². The second-order valence-electron chi connectivity index (χ2n) is 4.62. The summed E-state index contributed by atoms with van der Waals surface area (Å²) in [4.78, 5) is 13.6. The Morgan fingerprint density at radius 1 is 1.41 bits per heavy atom. The average Bonchev–Trinajstić information content (AvgIpc) is 2.30. The van der Waals surface area contributed by atoms with Gasteiger partial charge >= 0.3 is 0 Å². The monoisotopic (exact) mass is 245 g/mol. The number of rotatable bonds is 9. The Balaban J connectivity index is 3.51. The van der Waals surface area contributed by atoms with Gasteiger partial charge in [0.05, 0.1) is 19.3 Å². The van der Waals surface area contributed by atoms with Gasteiger partial charge in [-0.15, -0.1) is 0 Å². The van der Waals surface area contributed by atoms with Crippen molar-refractivity contribution in [3.63, 3.8) is 0 Å². The lowest BCUT2D eigenvalue weighted by molar-refractivity contribution is -0.123. The van der Waals surface area contributed by atoms with E-state index in [2.05, 4.69) is 10.2 Å². The highest BCUT2D eigenvalue weighted by Crippen LogP contribution is 2.04. The zero-order valence-corrected chi connectivity index (χ0v) is 11.5. The number of likely N-dealkylation sites (N-methyl/N-ethyl adjacent to an activating group) is 1. The predicted molar refractivity (Wildman–Crippen MR) is 69.8 cm³/mol. The van der Waals surface area contributed by atoms with Crippen molar-refractivity contribution in [1.82, 2.24) is 10.2 Å². The number of nitrogens with two attached hydrogens (primary N) is 1. The second-order valence-corrected chi connectivity index (χ2v) is 4.62. The fraction of sp³-hybridized carbons (Fsp3) is 0.917. The molecule has 0 bridgehead atoms. The van der Waals surface area contributed by atoms with E-state index in [4.69, 9.17) is 10.5 Å². The first-order valence-corrected chi connectivity index (χ1v) is 6.24. The number of ether oxygens (including phenoxy) is 1. The van der Waals surface area contributed by atoms with Gasteiger partial charge in [-0.25, -0.2) is 0 Å². The van der Waals surface area contributed by atoms with Crippen LogP contribution in [0, 0.1) is 5.92 Å². The Morgan fingerprint density at radius 3 is 2.59 bits per heavy atom. The maximum absolute atomic E-state index is 11.6. The molecule has 102 valence electrons. The van der Waals surface area contributed by atoms with Crippen molar-refractivity contribution in [3.8, 4) is 0 Å². The molecule has 0 rings (SSSR count). The van der Waals surface area contributed by atoms with Crippen LogP contribution in [0.1, 0.15) is 20.3 Å². The summed E-state index contributed by atoms with van der Waals surface area (Å²) >= 11 is 0. The zero-order chi connectivity index (χ0) is 13.3. The first-order chi connectivity index (χ1) is 7.99.